The molecular formula is C30H49F3N6O3. The van der Waals surface area contributed by atoms with Gasteiger partial charge in [-0.2, -0.15) is 18.7 Å². The fraction of sp³-hybridized carbons (Fsp3) is 0.733. The van der Waals surface area contributed by atoms with Crippen molar-refractivity contribution in [2.24, 2.45) is 5.41 Å². The number of carbonyl (C=O) groups excluding carboxylic acids is 2. The van der Waals surface area contributed by atoms with E-state index in [2.05, 4.69) is 28.1 Å². The van der Waals surface area contributed by atoms with Crippen LogP contribution in [0.15, 0.2) is 24.3 Å². The third kappa shape index (κ3) is 9.05. The lowest BCUT2D eigenvalue weighted by atomic mass is 9.85. The summed E-state index contributed by atoms with van der Waals surface area (Å²) in [5.74, 6) is -0.527. The molecule has 9 nitrogen and oxygen atoms in total. The smallest absolute Gasteiger partial charge is 0.391 e. The molecule has 238 valence electrons. The van der Waals surface area contributed by atoms with Crippen LogP contribution >= 0.6 is 0 Å². The highest BCUT2D eigenvalue weighted by Gasteiger charge is 2.48. The van der Waals surface area contributed by atoms with Gasteiger partial charge in [-0.15, -0.1) is 0 Å². The summed E-state index contributed by atoms with van der Waals surface area (Å²) in [7, 11) is 1.52. The maximum atomic E-state index is 14.0. The van der Waals surface area contributed by atoms with Crippen molar-refractivity contribution in [3.8, 4) is 0 Å². The van der Waals surface area contributed by atoms with E-state index in [9.17, 15) is 27.9 Å². The van der Waals surface area contributed by atoms with E-state index in [0.717, 1.165) is 37.9 Å². The fourth-order valence-corrected chi connectivity index (χ4v) is 5.86. The number of carbonyl (C=O) groups is 2. The predicted octanol–water partition coefficient (Wildman–Crippen LogP) is 4.01. The molecule has 0 spiro atoms. The molecule has 4 N–H and O–H groups in total. The molecule has 3 rings (SSSR count). The Labute approximate surface area is 248 Å². The SMILES string of the molecule is CCCCCCCCN1NN([C@H](C(=O)N2C[C@H](O)C[C@H]2C(=O)NC)C(C)(C)C)CC1CNc1ccc(C(F)(F)F)cc1. The van der Waals surface area contributed by atoms with Crippen LogP contribution in [-0.4, -0.2) is 89.3 Å². The van der Waals surface area contributed by atoms with Crippen LogP contribution in [0.2, 0.25) is 0 Å². The van der Waals surface area contributed by atoms with E-state index < -0.39 is 35.3 Å². The number of unbranched alkanes of at least 4 members (excludes halogenated alkanes) is 5. The zero-order valence-electron chi connectivity index (χ0n) is 25.6. The minimum Gasteiger partial charge on any atom is -0.391 e. The predicted molar refractivity (Wildman–Crippen MR) is 157 cm³/mol. The molecule has 1 aromatic carbocycles. The van der Waals surface area contributed by atoms with Gasteiger partial charge in [0, 0.05) is 45.3 Å². The molecule has 42 heavy (non-hydrogen) atoms. The standard InChI is InChI=1S/C30H49F3N6O3/c1-6-7-8-9-10-11-16-38-23(18-35-22-14-12-21(13-15-22)30(31,32)33)19-39(36-38)26(29(2,3)4)28(42)37-20-24(40)17-25(37)27(41)34-5/h12-15,23-26,35-36,40H,6-11,16-20H2,1-5H3,(H,34,41)/t23?,24-,25+,26-/m1/s1. The number of hydrogen-bond donors (Lipinski definition) is 4. The molecule has 0 aromatic heterocycles. The summed E-state index contributed by atoms with van der Waals surface area (Å²) in [6.45, 7) is 9.90. The van der Waals surface area contributed by atoms with Crippen LogP contribution in [0.1, 0.15) is 78.2 Å². The van der Waals surface area contributed by atoms with Gasteiger partial charge >= 0.3 is 6.18 Å². The van der Waals surface area contributed by atoms with Crippen molar-refractivity contribution in [1.29, 1.82) is 0 Å². The number of anilines is 1. The van der Waals surface area contributed by atoms with Crippen molar-refractivity contribution in [3.63, 3.8) is 0 Å². The quantitative estimate of drug-likeness (QED) is 0.255. The minimum absolute atomic E-state index is 0.0699. The van der Waals surface area contributed by atoms with Gasteiger partial charge in [0.15, 0.2) is 0 Å². The van der Waals surface area contributed by atoms with Crippen molar-refractivity contribution >= 4 is 17.5 Å². The zero-order valence-corrected chi connectivity index (χ0v) is 25.6. The number of alkyl halides is 3. The van der Waals surface area contributed by atoms with Gasteiger partial charge in [0.1, 0.15) is 12.1 Å². The molecule has 2 saturated heterocycles. The highest BCUT2D eigenvalue weighted by molar-refractivity contribution is 5.90. The third-order valence-electron chi connectivity index (χ3n) is 8.09. The number of benzene rings is 1. The molecule has 1 aromatic rings. The second-order valence-corrected chi connectivity index (χ2v) is 12.6. The second kappa shape index (κ2) is 14.9. The van der Waals surface area contributed by atoms with Crippen molar-refractivity contribution in [1.82, 2.24) is 25.8 Å². The lowest BCUT2D eigenvalue weighted by Crippen LogP contribution is -2.60. The third-order valence-corrected chi connectivity index (χ3v) is 8.09. The number of nitrogens with zero attached hydrogens (tertiary/aromatic N) is 3. The molecule has 0 bridgehead atoms. The number of likely N-dealkylation sites (tertiary alicyclic amines) is 1. The summed E-state index contributed by atoms with van der Waals surface area (Å²) in [6, 6.07) is 3.56. The number of β-amino-alcohol motifs (C(OH)–C–C–N with tert-alkyl or cyclic N) is 1. The summed E-state index contributed by atoms with van der Waals surface area (Å²) in [5, 5.41) is 20.2. The molecule has 0 saturated carbocycles. The van der Waals surface area contributed by atoms with Crippen molar-refractivity contribution in [2.45, 2.75) is 103 Å². The largest absolute Gasteiger partial charge is 0.416 e. The number of hydrogen-bond acceptors (Lipinski definition) is 7. The number of hydrazine groups is 2. The van der Waals surface area contributed by atoms with E-state index in [1.165, 1.54) is 43.3 Å². The average molecular weight is 599 g/mol. The monoisotopic (exact) mass is 598 g/mol. The number of nitrogens with one attached hydrogen (secondary N) is 3. The number of aliphatic hydroxyl groups is 1. The summed E-state index contributed by atoms with van der Waals surface area (Å²) in [4.78, 5) is 28.1. The van der Waals surface area contributed by atoms with E-state index in [1.807, 2.05) is 25.8 Å². The Kier molecular flexibility index (Phi) is 12.1. The Morgan fingerprint density at radius 1 is 1.05 bits per heavy atom. The first kappa shape index (κ1) is 34.1. The van der Waals surface area contributed by atoms with Crippen LogP contribution in [0, 0.1) is 5.41 Å². The lowest BCUT2D eigenvalue weighted by Gasteiger charge is -2.39. The first-order chi connectivity index (χ1) is 19.8. The van der Waals surface area contributed by atoms with Gasteiger partial charge in [-0.1, -0.05) is 59.8 Å². The minimum atomic E-state index is -4.39. The van der Waals surface area contributed by atoms with Crippen molar-refractivity contribution in [2.75, 3.05) is 38.5 Å². The maximum absolute atomic E-state index is 14.0. The van der Waals surface area contributed by atoms with Crippen molar-refractivity contribution < 1.29 is 27.9 Å². The van der Waals surface area contributed by atoms with Crippen LogP contribution in [0.5, 0.6) is 0 Å². The van der Waals surface area contributed by atoms with Gasteiger partial charge in [0.05, 0.1) is 17.7 Å². The number of likely N-dealkylation sites (N-methyl/N-ethyl adjacent to an activating group) is 1. The van der Waals surface area contributed by atoms with Crippen molar-refractivity contribution in [3.05, 3.63) is 29.8 Å². The van der Waals surface area contributed by atoms with E-state index in [4.69, 9.17) is 0 Å². The van der Waals surface area contributed by atoms with E-state index in [0.29, 0.717) is 18.8 Å². The molecule has 12 heteroatoms. The molecule has 2 amide bonds. The van der Waals surface area contributed by atoms with E-state index in [-0.39, 0.29) is 30.8 Å². The first-order valence-electron chi connectivity index (χ1n) is 15.2. The molecule has 2 heterocycles. The summed E-state index contributed by atoms with van der Waals surface area (Å²) in [6.07, 6.45) is 1.83. The Bertz CT molecular complexity index is 1020. The summed E-state index contributed by atoms with van der Waals surface area (Å²) >= 11 is 0. The van der Waals surface area contributed by atoms with E-state index in [1.54, 1.807) is 0 Å². The molecular weight excluding hydrogens is 549 g/mol. The van der Waals surface area contributed by atoms with Crippen LogP contribution in [0.3, 0.4) is 0 Å². The van der Waals surface area contributed by atoms with Crippen LogP contribution in [0.25, 0.3) is 0 Å². The van der Waals surface area contributed by atoms with Crippen LogP contribution in [-0.2, 0) is 15.8 Å². The number of rotatable bonds is 13. The Morgan fingerprint density at radius 3 is 2.29 bits per heavy atom. The zero-order chi connectivity index (χ0) is 31.1. The molecule has 2 fully saturated rings. The van der Waals surface area contributed by atoms with Gasteiger partial charge in [0.25, 0.3) is 0 Å². The molecule has 2 aliphatic rings. The highest BCUT2D eigenvalue weighted by Crippen LogP contribution is 2.32. The normalized spacial score (nSPS) is 22.9. The highest BCUT2D eigenvalue weighted by atomic mass is 19.4. The average Bonchev–Trinajstić information content (AvgIpc) is 3.51. The van der Waals surface area contributed by atoms with E-state index >= 15 is 0 Å². The Morgan fingerprint density at radius 2 is 1.69 bits per heavy atom. The molecule has 1 unspecified atom stereocenters. The lowest BCUT2D eigenvalue weighted by molar-refractivity contribution is -0.148. The fourth-order valence-electron chi connectivity index (χ4n) is 5.86. The molecule has 4 atom stereocenters. The number of halogens is 3. The van der Waals surface area contributed by atoms with Gasteiger partial charge in [0.2, 0.25) is 11.8 Å². The number of amides is 2. The molecule has 0 aliphatic carbocycles. The summed E-state index contributed by atoms with van der Waals surface area (Å²) in [5.41, 5.74) is 2.84. The number of aliphatic hydroxyl groups excluding tert-OH is 1. The second-order valence-electron chi connectivity index (χ2n) is 12.6. The van der Waals surface area contributed by atoms with Gasteiger partial charge < -0.3 is 20.6 Å². The molecule has 2 aliphatic heterocycles. The first-order valence-corrected chi connectivity index (χ1v) is 15.2. The van der Waals surface area contributed by atoms with Gasteiger partial charge in [-0.3, -0.25) is 9.59 Å². The Hall–Kier alpha value is -2.41. The van der Waals surface area contributed by atoms with Crippen LogP contribution < -0.4 is 16.2 Å². The Balaban J connectivity index is 1.76. The topological polar surface area (TPSA) is 100 Å². The van der Waals surface area contributed by atoms with Gasteiger partial charge in [-0.25, -0.2) is 10.0 Å². The summed E-state index contributed by atoms with van der Waals surface area (Å²) < 4.78 is 39.0. The van der Waals surface area contributed by atoms with Crippen LogP contribution in [0.4, 0.5) is 18.9 Å². The maximum Gasteiger partial charge on any atom is 0.416 e. The van der Waals surface area contributed by atoms with Gasteiger partial charge in [-0.05, 0) is 36.1 Å². The molecule has 0 radical (unpaired) electrons.